The molecule has 0 bridgehead atoms. The van der Waals surface area contributed by atoms with E-state index in [2.05, 4.69) is 10.3 Å². The fourth-order valence-electron chi connectivity index (χ4n) is 2.56. The van der Waals surface area contributed by atoms with Crippen molar-refractivity contribution in [3.63, 3.8) is 0 Å². The van der Waals surface area contributed by atoms with Crippen LogP contribution in [0.25, 0.3) is 0 Å². The molecule has 1 saturated heterocycles. The Balaban J connectivity index is 2.08. The number of benzene rings is 1. The van der Waals surface area contributed by atoms with Crippen molar-refractivity contribution in [1.82, 2.24) is 5.32 Å². The molecule has 0 aromatic heterocycles. The number of carbonyl (C=O) groups is 1. The quantitative estimate of drug-likeness (QED) is 0.740. The fraction of sp³-hybridized carbons (Fsp3) is 0.333. The molecule has 0 radical (unpaired) electrons. The summed E-state index contributed by atoms with van der Waals surface area (Å²) in [4.78, 5) is 15.7. The zero-order chi connectivity index (χ0) is 11.1. The van der Waals surface area contributed by atoms with Gasteiger partial charge in [-0.15, -0.1) is 0 Å². The number of aliphatic imine (C=N–C) groups is 1. The van der Waals surface area contributed by atoms with Crippen molar-refractivity contribution in [2.45, 2.75) is 5.92 Å². The summed E-state index contributed by atoms with van der Waals surface area (Å²) in [6, 6.07) is 7.80. The van der Waals surface area contributed by atoms with Crippen LogP contribution >= 0.6 is 0 Å². The van der Waals surface area contributed by atoms with Gasteiger partial charge in [0.2, 0.25) is 0 Å². The highest BCUT2D eigenvalue weighted by Crippen LogP contribution is 2.40. The van der Waals surface area contributed by atoms with Crippen LogP contribution in [0, 0.1) is 5.92 Å². The Morgan fingerprint density at radius 1 is 1.44 bits per heavy atom. The van der Waals surface area contributed by atoms with Gasteiger partial charge < -0.3 is 10.4 Å². The Hall–Kier alpha value is -1.68. The lowest BCUT2D eigenvalue weighted by atomic mass is 9.81. The Kier molecular flexibility index (Phi) is 2.04. The molecule has 2 unspecified atom stereocenters. The van der Waals surface area contributed by atoms with Crippen LogP contribution in [0.2, 0.25) is 0 Å². The first-order chi connectivity index (χ1) is 7.77. The van der Waals surface area contributed by atoms with Crippen molar-refractivity contribution in [3.05, 3.63) is 29.8 Å². The van der Waals surface area contributed by atoms with Crippen LogP contribution in [0.1, 0.15) is 11.5 Å². The molecule has 2 atom stereocenters. The van der Waals surface area contributed by atoms with Gasteiger partial charge in [0.1, 0.15) is 0 Å². The van der Waals surface area contributed by atoms with Gasteiger partial charge in [-0.1, -0.05) is 18.2 Å². The molecule has 1 aromatic carbocycles. The van der Waals surface area contributed by atoms with Gasteiger partial charge in [0.25, 0.3) is 0 Å². The molecule has 0 spiro atoms. The second-order valence-electron chi connectivity index (χ2n) is 4.22. The average molecular weight is 216 g/mol. The van der Waals surface area contributed by atoms with E-state index in [1.54, 1.807) is 0 Å². The predicted octanol–water partition coefficient (Wildman–Crippen LogP) is 1.16. The van der Waals surface area contributed by atoms with Crippen LogP contribution in [-0.4, -0.2) is 29.9 Å². The number of hydrogen-bond acceptors (Lipinski definition) is 3. The number of para-hydroxylation sites is 1. The van der Waals surface area contributed by atoms with Crippen molar-refractivity contribution in [2.24, 2.45) is 10.9 Å². The van der Waals surface area contributed by atoms with Gasteiger partial charge in [0.15, 0.2) is 0 Å². The van der Waals surface area contributed by atoms with Crippen LogP contribution in [0.5, 0.6) is 0 Å². The lowest BCUT2D eigenvalue weighted by Crippen LogP contribution is -2.44. The minimum atomic E-state index is -0.749. The number of carboxylic acid groups (broad SMARTS) is 1. The summed E-state index contributed by atoms with van der Waals surface area (Å²) in [7, 11) is 0. The van der Waals surface area contributed by atoms with Crippen molar-refractivity contribution >= 4 is 17.4 Å². The highest BCUT2D eigenvalue weighted by molar-refractivity contribution is 6.02. The molecular weight excluding hydrogens is 204 g/mol. The van der Waals surface area contributed by atoms with Gasteiger partial charge in [-0.2, -0.15) is 0 Å². The summed E-state index contributed by atoms with van der Waals surface area (Å²) in [6.45, 7) is 1.22. The van der Waals surface area contributed by atoms with Crippen LogP contribution in [-0.2, 0) is 4.79 Å². The molecule has 82 valence electrons. The molecule has 2 N–H and O–H groups in total. The van der Waals surface area contributed by atoms with Crippen LogP contribution in [0.4, 0.5) is 5.69 Å². The lowest BCUT2D eigenvalue weighted by molar-refractivity contribution is -0.141. The monoisotopic (exact) mass is 216 g/mol. The molecule has 0 saturated carbocycles. The topological polar surface area (TPSA) is 61.7 Å². The van der Waals surface area contributed by atoms with E-state index in [1.165, 1.54) is 0 Å². The van der Waals surface area contributed by atoms with Crippen LogP contribution in [0.15, 0.2) is 29.3 Å². The van der Waals surface area contributed by atoms with Gasteiger partial charge >= 0.3 is 5.97 Å². The summed E-state index contributed by atoms with van der Waals surface area (Å²) in [6.07, 6.45) is 0. The summed E-state index contributed by atoms with van der Waals surface area (Å²) in [5.74, 6) is -1.17. The minimum Gasteiger partial charge on any atom is -0.481 e. The molecule has 4 heteroatoms. The summed E-state index contributed by atoms with van der Waals surface area (Å²) in [5.41, 5.74) is 2.95. The molecule has 3 rings (SSSR count). The zero-order valence-corrected chi connectivity index (χ0v) is 8.68. The number of hydrogen-bond donors (Lipinski definition) is 2. The molecule has 4 nitrogen and oxygen atoms in total. The third-order valence-corrected chi connectivity index (χ3v) is 3.28. The van der Waals surface area contributed by atoms with Crippen molar-refractivity contribution < 1.29 is 9.90 Å². The molecule has 16 heavy (non-hydrogen) atoms. The predicted molar refractivity (Wildman–Crippen MR) is 60.3 cm³/mol. The zero-order valence-electron chi connectivity index (χ0n) is 8.68. The van der Waals surface area contributed by atoms with E-state index in [0.717, 1.165) is 17.0 Å². The Labute approximate surface area is 93.0 Å². The fourth-order valence-corrected chi connectivity index (χ4v) is 2.56. The van der Waals surface area contributed by atoms with E-state index in [9.17, 15) is 9.90 Å². The summed E-state index contributed by atoms with van der Waals surface area (Å²) < 4.78 is 0. The Morgan fingerprint density at radius 3 is 3.06 bits per heavy atom. The lowest BCUT2D eigenvalue weighted by Gasteiger charge is -2.27. The first-order valence-electron chi connectivity index (χ1n) is 5.37. The largest absolute Gasteiger partial charge is 0.481 e. The Morgan fingerprint density at radius 2 is 2.25 bits per heavy atom. The van der Waals surface area contributed by atoms with Gasteiger partial charge in [-0.05, 0) is 11.6 Å². The van der Waals surface area contributed by atoms with Gasteiger partial charge in [-0.3, -0.25) is 9.79 Å². The number of nitrogens with zero attached hydrogens (tertiary/aromatic N) is 1. The minimum absolute atomic E-state index is 0.0325. The summed E-state index contributed by atoms with van der Waals surface area (Å²) >= 11 is 0. The van der Waals surface area contributed by atoms with Crippen LogP contribution in [0.3, 0.4) is 0 Å². The molecule has 2 aliphatic rings. The molecule has 1 aromatic rings. The molecule has 2 aliphatic heterocycles. The third kappa shape index (κ3) is 1.27. The van der Waals surface area contributed by atoms with E-state index in [1.807, 2.05) is 24.3 Å². The first-order valence-corrected chi connectivity index (χ1v) is 5.37. The van der Waals surface area contributed by atoms with Crippen molar-refractivity contribution in [3.8, 4) is 0 Å². The second kappa shape index (κ2) is 3.42. The maximum atomic E-state index is 11.2. The number of carboxylic acids is 1. The molecular formula is C12H12N2O2. The number of piperidine rings is 1. The van der Waals surface area contributed by atoms with Gasteiger partial charge in [0.05, 0.1) is 11.6 Å². The Bertz CT molecular complexity index is 482. The normalized spacial score (nSPS) is 26.9. The maximum absolute atomic E-state index is 11.2. The molecule has 1 fully saturated rings. The van der Waals surface area contributed by atoms with E-state index in [0.29, 0.717) is 13.1 Å². The number of fused-ring (bicyclic) bond motifs is 3. The highest BCUT2D eigenvalue weighted by atomic mass is 16.4. The maximum Gasteiger partial charge on any atom is 0.308 e. The van der Waals surface area contributed by atoms with E-state index in [4.69, 9.17) is 0 Å². The average Bonchev–Trinajstić information content (AvgIpc) is 2.66. The molecule has 0 amide bonds. The first kappa shape index (κ1) is 9.54. The highest BCUT2D eigenvalue weighted by Gasteiger charge is 2.40. The van der Waals surface area contributed by atoms with Gasteiger partial charge in [0, 0.05) is 24.7 Å². The number of nitrogens with one attached hydrogen (secondary N) is 1. The van der Waals surface area contributed by atoms with Gasteiger partial charge in [-0.25, -0.2) is 0 Å². The summed E-state index contributed by atoms with van der Waals surface area (Å²) in [5, 5.41) is 12.3. The number of rotatable bonds is 1. The van der Waals surface area contributed by atoms with E-state index >= 15 is 0 Å². The van der Waals surface area contributed by atoms with E-state index in [-0.39, 0.29) is 5.92 Å². The van der Waals surface area contributed by atoms with E-state index < -0.39 is 11.9 Å². The molecule has 0 aliphatic carbocycles. The second-order valence-corrected chi connectivity index (χ2v) is 4.22. The smallest absolute Gasteiger partial charge is 0.308 e. The number of aliphatic carboxylic acids is 1. The van der Waals surface area contributed by atoms with Crippen molar-refractivity contribution in [1.29, 1.82) is 0 Å². The van der Waals surface area contributed by atoms with Crippen LogP contribution < -0.4 is 5.32 Å². The standard InChI is InChI=1S/C12H12N2O2/c15-12(16)8-5-13-6-10-11(8)7-3-1-2-4-9(7)14-10/h1-4,8,11,13H,5-6H2,(H,15,16). The SMILES string of the molecule is O=C(O)C1CNCC2=Nc3ccccc3C21. The molecule has 2 heterocycles. The third-order valence-electron chi connectivity index (χ3n) is 3.28. The van der Waals surface area contributed by atoms with Crippen molar-refractivity contribution in [2.75, 3.05) is 13.1 Å².